The van der Waals surface area contributed by atoms with Crippen molar-refractivity contribution in [3.63, 3.8) is 0 Å². The summed E-state index contributed by atoms with van der Waals surface area (Å²) in [5.74, 6) is -7.25. The molecule has 0 radical (unpaired) electrons. The molecular weight excluding hydrogens is 935 g/mol. The van der Waals surface area contributed by atoms with Gasteiger partial charge in [-0.1, -0.05) is 48.5 Å². The number of carboxylic acids is 2. The SMILES string of the molecule is N=C(N)NCCC[C@@H]1NC(=O)[C@H](Cc2c[nH]c3ccccc23)NC(=O)[C@@H](C[C@H]2CC[C@@H](O)CC2)NC(=O)[C@@H]2C[C@@H](OCC(=O)O)CN2C(=O)[C@@H](NC(=O)C(Cc2ccccc2)NCC(=O)O)CCCNC1=O. The molecule has 6 amide bonds. The number of carboxylic acid groups (broad SMARTS) is 2. The van der Waals surface area contributed by atoms with Crippen molar-refractivity contribution in [1.82, 2.24) is 47.1 Å². The molecule has 3 aromatic rings. The minimum Gasteiger partial charge on any atom is -0.480 e. The number of carbonyl (C=O) groups excluding carboxylic acids is 6. The highest BCUT2D eigenvalue weighted by Gasteiger charge is 2.44. The number of fused-ring (bicyclic) bond motifs is 2. The molecule has 72 heavy (non-hydrogen) atoms. The first-order valence-electron chi connectivity index (χ1n) is 24.5. The quantitative estimate of drug-likeness (QED) is 0.0418. The highest BCUT2D eigenvalue weighted by atomic mass is 16.5. The van der Waals surface area contributed by atoms with Gasteiger partial charge >= 0.3 is 11.9 Å². The molecular formula is C49H67N11O12. The van der Waals surface area contributed by atoms with Crippen LogP contribution in [-0.4, -0.2) is 160 Å². The number of aromatic nitrogens is 1. The van der Waals surface area contributed by atoms with Gasteiger partial charge in [0.1, 0.15) is 36.8 Å². The van der Waals surface area contributed by atoms with Crippen LogP contribution in [0, 0.1) is 11.3 Å². The summed E-state index contributed by atoms with van der Waals surface area (Å²) >= 11 is 0. The fourth-order valence-corrected chi connectivity index (χ4v) is 9.57. The second-order valence-electron chi connectivity index (χ2n) is 18.7. The van der Waals surface area contributed by atoms with E-state index >= 15 is 0 Å². The Balaban J connectivity index is 1.36. The summed E-state index contributed by atoms with van der Waals surface area (Å²) in [7, 11) is 0. The summed E-state index contributed by atoms with van der Waals surface area (Å²) in [5, 5.41) is 57.2. The zero-order valence-electron chi connectivity index (χ0n) is 40.0. The van der Waals surface area contributed by atoms with Gasteiger partial charge in [-0.15, -0.1) is 0 Å². The van der Waals surface area contributed by atoms with E-state index in [9.17, 15) is 53.7 Å². The Morgan fingerprint density at radius 1 is 0.847 bits per heavy atom. The van der Waals surface area contributed by atoms with E-state index in [4.69, 9.17) is 15.9 Å². The lowest BCUT2D eigenvalue weighted by Crippen LogP contribution is -2.60. The van der Waals surface area contributed by atoms with Gasteiger partial charge in [-0.2, -0.15) is 0 Å². The van der Waals surface area contributed by atoms with Crippen molar-refractivity contribution in [2.45, 2.75) is 126 Å². The van der Waals surface area contributed by atoms with Gasteiger partial charge in [-0.05, 0) is 87.3 Å². The Kier molecular flexibility index (Phi) is 19.9. The van der Waals surface area contributed by atoms with E-state index in [1.165, 1.54) is 4.90 Å². The Labute approximate surface area is 416 Å². The second kappa shape index (κ2) is 26.4. The van der Waals surface area contributed by atoms with Gasteiger partial charge in [0.05, 0.1) is 24.8 Å². The normalized spacial score (nSPS) is 25.1. The number of hydrogen-bond acceptors (Lipinski definition) is 12. The molecule has 1 saturated carbocycles. The first kappa shape index (κ1) is 54.2. The van der Waals surface area contributed by atoms with Gasteiger partial charge in [0, 0.05) is 49.6 Å². The van der Waals surface area contributed by atoms with Crippen LogP contribution < -0.4 is 43.0 Å². The van der Waals surface area contributed by atoms with Crippen molar-refractivity contribution in [3.8, 4) is 0 Å². The van der Waals surface area contributed by atoms with Crippen LogP contribution >= 0.6 is 0 Å². The van der Waals surface area contributed by atoms with Crippen LogP contribution in [0.4, 0.5) is 0 Å². The van der Waals surface area contributed by atoms with E-state index in [-0.39, 0.29) is 82.9 Å². The maximum atomic E-state index is 14.9. The van der Waals surface area contributed by atoms with Crippen molar-refractivity contribution in [2.75, 3.05) is 32.8 Å². The number of nitrogens with one attached hydrogen (secondary N) is 9. The average molecular weight is 1000 g/mol. The number of nitrogens with zero attached hydrogens (tertiary/aromatic N) is 1. The van der Waals surface area contributed by atoms with Gasteiger partial charge in [0.2, 0.25) is 35.4 Å². The summed E-state index contributed by atoms with van der Waals surface area (Å²) in [6, 6.07) is 8.57. The van der Waals surface area contributed by atoms with Crippen molar-refractivity contribution in [3.05, 3.63) is 71.9 Å². The maximum Gasteiger partial charge on any atom is 0.329 e. The lowest BCUT2D eigenvalue weighted by Gasteiger charge is -2.33. The minimum atomic E-state index is -1.38. The molecule has 1 unspecified atom stereocenters. The van der Waals surface area contributed by atoms with Gasteiger partial charge in [0.15, 0.2) is 5.96 Å². The average Bonchev–Trinajstić information content (AvgIpc) is 3.98. The van der Waals surface area contributed by atoms with Crippen molar-refractivity contribution >= 4 is 64.2 Å². The number of para-hydroxylation sites is 1. The number of aliphatic hydroxyl groups is 1. The second-order valence-corrected chi connectivity index (χ2v) is 18.7. The standard InChI is InChI=1S/C49H67N11O12/c50-49(51)53-19-6-12-35-43(66)52-18-7-13-36(57-44(67)37(55-25-41(62)63)20-28-8-2-1-3-9-28)48(71)60-26-32(72-27-42(64)65)23-40(60)47(70)59-38(21-29-14-16-31(61)17-15-29)45(68)58-39(46(69)56-35)22-30-24-54-34-11-5-4-10-33(30)34/h1-5,8-11,24,29,31-32,35-40,54-55,61H,6-7,12-23,25-27H2,(H,52,66)(H,56,69)(H,57,67)(H,58,68)(H,59,70)(H,62,63)(H,64,65)(H4,50,51,53)/t29-,31+,32-,35+,36+,37?,38-,39+,40+/m1/s1. The number of hydrogen-bond donors (Lipinski definition) is 13. The molecule has 2 aliphatic heterocycles. The van der Waals surface area contributed by atoms with Gasteiger partial charge < -0.3 is 67.6 Å². The largest absolute Gasteiger partial charge is 0.480 e. The molecule has 3 fully saturated rings. The summed E-state index contributed by atoms with van der Waals surface area (Å²) in [6.07, 6.45) is 2.43. The lowest BCUT2D eigenvalue weighted by molar-refractivity contribution is -0.145. The number of guanidine groups is 1. The number of benzene rings is 2. The van der Waals surface area contributed by atoms with E-state index in [0.717, 1.165) is 10.9 Å². The number of amides is 6. The Hall–Kier alpha value is -7.11. The molecule has 2 saturated heterocycles. The number of rotatable bonds is 18. The zero-order valence-corrected chi connectivity index (χ0v) is 40.0. The van der Waals surface area contributed by atoms with Crippen LogP contribution in [0.2, 0.25) is 0 Å². The van der Waals surface area contributed by atoms with Crippen molar-refractivity contribution in [2.24, 2.45) is 11.7 Å². The number of carbonyl (C=O) groups is 8. The van der Waals surface area contributed by atoms with Crippen LogP contribution in [0.25, 0.3) is 10.9 Å². The Morgan fingerprint density at radius 3 is 2.26 bits per heavy atom. The summed E-state index contributed by atoms with van der Waals surface area (Å²) in [5.41, 5.74) is 7.65. The third-order valence-electron chi connectivity index (χ3n) is 13.3. The molecule has 1 aliphatic carbocycles. The van der Waals surface area contributed by atoms with E-state index in [1.807, 2.05) is 24.3 Å². The van der Waals surface area contributed by atoms with Gasteiger partial charge in [0.25, 0.3) is 0 Å². The number of ether oxygens (including phenoxy) is 1. The summed E-state index contributed by atoms with van der Waals surface area (Å²) in [6.45, 7) is -1.48. The number of aliphatic hydroxyl groups excluding tert-OH is 1. The Bertz CT molecular complexity index is 2390. The maximum absolute atomic E-state index is 14.9. The number of nitrogens with two attached hydrogens (primary N) is 1. The van der Waals surface area contributed by atoms with Gasteiger partial charge in [-0.25, -0.2) is 4.79 Å². The topological polar surface area (TPSA) is 360 Å². The van der Waals surface area contributed by atoms with E-state index < -0.39 is 109 Å². The van der Waals surface area contributed by atoms with Crippen molar-refractivity contribution in [1.29, 1.82) is 5.41 Å². The molecule has 3 heterocycles. The summed E-state index contributed by atoms with van der Waals surface area (Å²) < 4.78 is 5.63. The first-order chi connectivity index (χ1) is 34.5. The van der Waals surface area contributed by atoms with E-state index in [1.54, 1.807) is 36.5 Å². The molecule has 14 N–H and O–H groups in total. The molecule has 2 aromatic carbocycles. The molecule has 0 bridgehead atoms. The molecule has 1 aromatic heterocycles. The highest BCUT2D eigenvalue weighted by molar-refractivity contribution is 5.97. The fourth-order valence-electron chi connectivity index (χ4n) is 9.57. The smallest absolute Gasteiger partial charge is 0.329 e. The number of aromatic amines is 1. The van der Waals surface area contributed by atoms with Crippen LogP contribution in [0.15, 0.2) is 60.8 Å². The fraction of sp³-hybridized carbons (Fsp3) is 0.531. The number of aliphatic carboxylic acids is 2. The van der Waals surface area contributed by atoms with Crippen LogP contribution in [0.5, 0.6) is 0 Å². The van der Waals surface area contributed by atoms with Crippen molar-refractivity contribution < 1.29 is 58.4 Å². The zero-order chi connectivity index (χ0) is 51.7. The molecule has 390 valence electrons. The molecule has 7 atom stereocenters. The number of H-pyrrole nitrogens is 1. The molecule has 23 nitrogen and oxygen atoms in total. The summed E-state index contributed by atoms with van der Waals surface area (Å²) in [4.78, 5) is 115. The Morgan fingerprint density at radius 2 is 1.54 bits per heavy atom. The van der Waals surface area contributed by atoms with Crippen LogP contribution in [-0.2, 0) is 55.9 Å². The lowest BCUT2D eigenvalue weighted by atomic mass is 9.83. The monoisotopic (exact) mass is 1000 g/mol. The predicted octanol–water partition coefficient (Wildman–Crippen LogP) is -0.880. The van der Waals surface area contributed by atoms with Gasteiger partial charge in [-0.3, -0.25) is 44.3 Å². The van der Waals surface area contributed by atoms with E-state index in [0.29, 0.717) is 36.8 Å². The third-order valence-corrected chi connectivity index (χ3v) is 13.3. The molecule has 3 aliphatic rings. The first-order valence-corrected chi connectivity index (χ1v) is 24.5. The molecule has 23 heteroatoms. The van der Waals surface area contributed by atoms with E-state index in [2.05, 4.69) is 42.2 Å². The van der Waals surface area contributed by atoms with Crippen LogP contribution in [0.3, 0.4) is 0 Å². The highest BCUT2D eigenvalue weighted by Crippen LogP contribution is 2.29. The minimum absolute atomic E-state index is 0.0310. The molecule has 6 rings (SSSR count). The van der Waals surface area contributed by atoms with Crippen LogP contribution in [0.1, 0.15) is 75.3 Å². The third kappa shape index (κ3) is 16.0. The molecule has 0 spiro atoms. The predicted molar refractivity (Wildman–Crippen MR) is 261 cm³/mol.